The lowest BCUT2D eigenvalue weighted by Crippen LogP contribution is -2.37. The highest BCUT2D eigenvalue weighted by molar-refractivity contribution is 5.34. The van der Waals surface area contributed by atoms with E-state index in [4.69, 9.17) is 0 Å². The normalized spacial score (nSPS) is 13.2. The molecule has 0 aromatic heterocycles. The number of hydrogen-bond donors (Lipinski definition) is 1. The second-order valence-corrected chi connectivity index (χ2v) is 6.09. The van der Waals surface area contributed by atoms with Crippen LogP contribution in [-0.2, 0) is 5.41 Å². The molecule has 0 spiro atoms. The van der Waals surface area contributed by atoms with Gasteiger partial charge in [-0.15, -0.1) is 0 Å². The fourth-order valence-electron chi connectivity index (χ4n) is 2.88. The highest BCUT2D eigenvalue weighted by atomic mass is 19.1. The van der Waals surface area contributed by atoms with Gasteiger partial charge < -0.3 is 5.32 Å². The topological polar surface area (TPSA) is 12.0 Å². The molecule has 0 aliphatic rings. The molecule has 0 fully saturated rings. The zero-order valence-electron chi connectivity index (χ0n) is 13.3. The molecule has 0 aliphatic heterocycles. The van der Waals surface area contributed by atoms with Gasteiger partial charge in [-0.05, 0) is 36.2 Å². The third-order valence-corrected chi connectivity index (χ3v) is 4.16. The molecule has 0 radical (unpaired) electrons. The van der Waals surface area contributed by atoms with Gasteiger partial charge in [0, 0.05) is 11.5 Å². The lowest BCUT2D eigenvalue weighted by Gasteiger charge is -2.36. The van der Waals surface area contributed by atoms with Crippen molar-refractivity contribution in [1.29, 1.82) is 0 Å². The molecule has 1 nitrogen and oxygen atoms in total. The first-order valence-electron chi connectivity index (χ1n) is 7.51. The summed E-state index contributed by atoms with van der Waals surface area (Å²) in [5, 5.41) is 3.56. The van der Waals surface area contributed by atoms with Crippen molar-refractivity contribution < 1.29 is 4.39 Å². The van der Waals surface area contributed by atoms with Gasteiger partial charge in [0.25, 0.3) is 0 Å². The van der Waals surface area contributed by atoms with Crippen molar-refractivity contribution in [2.45, 2.75) is 39.2 Å². The van der Waals surface area contributed by atoms with Gasteiger partial charge in [0.1, 0.15) is 5.82 Å². The van der Waals surface area contributed by atoms with Gasteiger partial charge >= 0.3 is 0 Å². The van der Waals surface area contributed by atoms with E-state index >= 15 is 0 Å². The smallest absolute Gasteiger partial charge is 0.126 e. The van der Waals surface area contributed by atoms with Gasteiger partial charge in [0.15, 0.2) is 0 Å². The first-order valence-corrected chi connectivity index (χ1v) is 7.51. The number of hydrogen-bond acceptors (Lipinski definition) is 1. The SMILES string of the molecule is CCNC(c1ccc(F)c(C)c1)C(C)(C)c1ccccc1. The van der Waals surface area contributed by atoms with Gasteiger partial charge in [-0.2, -0.15) is 0 Å². The lowest BCUT2D eigenvalue weighted by atomic mass is 9.74. The molecule has 0 saturated carbocycles. The van der Waals surface area contributed by atoms with E-state index in [1.54, 1.807) is 6.07 Å². The van der Waals surface area contributed by atoms with Crippen molar-refractivity contribution in [3.05, 3.63) is 71.0 Å². The van der Waals surface area contributed by atoms with Crippen LogP contribution in [0.3, 0.4) is 0 Å². The van der Waals surface area contributed by atoms with Gasteiger partial charge in [-0.3, -0.25) is 0 Å². The van der Waals surface area contributed by atoms with Crippen LogP contribution in [0.2, 0.25) is 0 Å². The molecular formula is C19H24FN. The molecule has 1 atom stereocenters. The Bertz CT molecular complexity index is 590. The van der Waals surface area contributed by atoms with E-state index in [9.17, 15) is 4.39 Å². The molecular weight excluding hydrogens is 261 g/mol. The van der Waals surface area contributed by atoms with Gasteiger partial charge in [0.05, 0.1) is 0 Å². The summed E-state index contributed by atoms with van der Waals surface area (Å²) >= 11 is 0. The summed E-state index contributed by atoms with van der Waals surface area (Å²) in [5.41, 5.74) is 3.02. The van der Waals surface area contributed by atoms with E-state index in [1.165, 1.54) is 5.56 Å². The Balaban J connectivity index is 2.44. The summed E-state index contributed by atoms with van der Waals surface area (Å²) in [6.45, 7) is 9.25. The van der Waals surface area contributed by atoms with E-state index in [1.807, 2.05) is 25.1 Å². The van der Waals surface area contributed by atoms with Crippen molar-refractivity contribution in [3.63, 3.8) is 0 Å². The number of nitrogens with one attached hydrogen (secondary N) is 1. The molecule has 2 aromatic rings. The summed E-state index contributed by atoms with van der Waals surface area (Å²) in [5.74, 6) is -0.147. The highest BCUT2D eigenvalue weighted by Gasteiger charge is 2.32. The van der Waals surface area contributed by atoms with Crippen molar-refractivity contribution in [2.24, 2.45) is 0 Å². The number of likely N-dealkylation sites (N-methyl/N-ethyl adjacent to an activating group) is 1. The summed E-state index contributed by atoms with van der Waals surface area (Å²) in [6.07, 6.45) is 0. The average molecular weight is 285 g/mol. The standard InChI is InChI=1S/C19H24FN/c1-5-21-18(15-11-12-17(20)14(2)13-15)19(3,4)16-9-7-6-8-10-16/h6-13,18,21H,5H2,1-4H3. The van der Waals surface area contributed by atoms with E-state index in [-0.39, 0.29) is 17.3 Å². The van der Waals surface area contributed by atoms with E-state index in [0.717, 1.165) is 12.1 Å². The van der Waals surface area contributed by atoms with Crippen LogP contribution in [0.25, 0.3) is 0 Å². The Labute approximate surface area is 127 Å². The Morgan fingerprint density at radius 1 is 1.10 bits per heavy atom. The molecule has 1 N–H and O–H groups in total. The molecule has 112 valence electrons. The van der Waals surface area contributed by atoms with Crippen LogP contribution in [-0.4, -0.2) is 6.54 Å². The van der Waals surface area contributed by atoms with Crippen LogP contribution >= 0.6 is 0 Å². The lowest BCUT2D eigenvalue weighted by molar-refractivity contribution is 0.353. The Morgan fingerprint density at radius 3 is 2.33 bits per heavy atom. The maximum atomic E-state index is 13.5. The minimum absolute atomic E-state index is 0.0818. The molecule has 2 rings (SSSR count). The second kappa shape index (κ2) is 6.40. The third kappa shape index (κ3) is 3.33. The molecule has 21 heavy (non-hydrogen) atoms. The monoisotopic (exact) mass is 285 g/mol. The zero-order chi connectivity index (χ0) is 15.5. The van der Waals surface area contributed by atoms with E-state index in [2.05, 4.69) is 50.4 Å². The Hall–Kier alpha value is -1.67. The minimum atomic E-state index is -0.147. The fourth-order valence-corrected chi connectivity index (χ4v) is 2.88. The number of rotatable bonds is 5. The van der Waals surface area contributed by atoms with Gasteiger partial charge in [-0.25, -0.2) is 4.39 Å². The largest absolute Gasteiger partial charge is 0.309 e. The highest BCUT2D eigenvalue weighted by Crippen LogP contribution is 2.37. The first kappa shape index (κ1) is 15.7. The second-order valence-electron chi connectivity index (χ2n) is 6.09. The average Bonchev–Trinajstić information content (AvgIpc) is 2.48. The summed E-state index contributed by atoms with van der Waals surface area (Å²) in [6, 6.07) is 16.0. The Kier molecular flexibility index (Phi) is 4.79. The van der Waals surface area contributed by atoms with E-state index < -0.39 is 0 Å². The van der Waals surface area contributed by atoms with Crippen LogP contribution in [0.5, 0.6) is 0 Å². The summed E-state index contributed by atoms with van der Waals surface area (Å²) in [7, 11) is 0. The zero-order valence-corrected chi connectivity index (χ0v) is 13.3. The van der Waals surface area contributed by atoms with Crippen molar-refractivity contribution in [2.75, 3.05) is 6.54 Å². The molecule has 0 amide bonds. The van der Waals surface area contributed by atoms with Crippen LogP contribution < -0.4 is 5.32 Å². The van der Waals surface area contributed by atoms with Gasteiger partial charge in [0.2, 0.25) is 0 Å². The van der Waals surface area contributed by atoms with E-state index in [0.29, 0.717) is 5.56 Å². The van der Waals surface area contributed by atoms with Crippen LogP contribution in [0.1, 0.15) is 43.5 Å². The van der Waals surface area contributed by atoms with Crippen LogP contribution in [0, 0.1) is 12.7 Å². The van der Waals surface area contributed by atoms with Crippen molar-refractivity contribution >= 4 is 0 Å². The molecule has 0 saturated heterocycles. The predicted octanol–water partition coefficient (Wildman–Crippen LogP) is 4.76. The molecule has 0 bridgehead atoms. The molecule has 2 heteroatoms. The minimum Gasteiger partial charge on any atom is -0.309 e. The number of halogens is 1. The maximum absolute atomic E-state index is 13.5. The Morgan fingerprint density at radius 2 is 1.76 bits per heavy atom. The van der Waals surface area contributed by atoms with Crippen LogP contribution in [0.4, 0.5) is 4.39 Å². The molecule has 2 aromatic carbocycles. The maximum Gasteiger partial charge on any atom is 0.126 e. The fraction of sp³-hybridized carbons (Fsp3) is 0.368. The molecule has 0 aliphatic carbocycles. The molecule has 0 heterocycles. The molecule has 1 unspecified atom stereocenters. The first-order chi connectivity index (χ1) is 9.96. The van der Waals surface area contributed by atoms with Gasteiger partial charge in [-0.1, -0.05) is 63.2 Å². The summed E-state index contributed by atoms with van der Waals surface area (Å²) in [4.78, 5) is 0. The number of benzene rings is 2. The summed E-state index contributed by atoms with van der Waals surface area (Å²) < 4.78 is 13.5. The third-order valence-electron chi connectivity index (χ3n) is 4.16. The van der Waals surface area contributed by atoms with Crippen molar-refractivity contribution in [1.82, 2.24) is 5.32 Å². The van der Waals surface area contributed by atoms with Crippen molar-refractivity contribution in [3.8, 4) is 0 Å². The predicted molar refractivity (Wildman–Crippen MR) is 87.0 cm³/mol. The number of aryl methyl sites for hydroxylation is 1. The van der Waals surface area contributed by atoms with Crippen LogP contribution in [0.15, 0.2) is 48.5 Å². The quantitative estimate of drug-likeness (QED) is 0.835.